The summed E-state index contributed by atoms with van der Waals surface area (Å²) >= 11 is 0. The van der Waals surface area contributed by atoms with E-state index in [0.29, 0.717) is 19.2 Å². The molecule has 6 heteroatoms. The number of hydrogen-bond acceptors (Lipinski definition) is 5. The van der Waals surface area contributed by atoms with Gasteiger partial charge < -0.3 is 20.1 Å². The van der Waals surface area contributed by atoms with Crippen LogP contribution in [0.4, 0.5) is 11.4 Å². The van der Waals surface area contributed by atoms with Crippen LogP contribution in [0.5, 0.6) is 11.5 Å². The van der Waals surface area contributed by atoms with E-state index in [1.165, 1.54) is 46.2 Å². The Morgan fingerprint density at radius 2 is 1.76 bits per heavy atom. The maximum absolute atomic E-state index is 13.7. The summed E-state index contributed by atoms with van der Waals surface area (Å²) in [6.45, 7) is 13.2. The largest absolute Gasteiger partial charge is 0.494 e. The van der Waals surface area contributed by atoms with Crippen LogP contribution in [0.15, 0.2) is 48.5 Å². The Bertz CT molecular complexity index is 1360. The third kappa shape index (κ3) is 6.59. The Morgan fingerprint density at radius 1 is 1.02 bits per heavy atom. The topological polar surface area (TPSA) is 62.8 Å². The van der Waals surface area contributed by atoms with E-state index in [9.17, 15) is 4.79 Å². The minimum absolute atomic E-state index is 0.0444. The van der Waals surface area contributed by atoms with Gasteiger partial charge in [-0.05, 0) is 91.5 Å². The third-order valence-electron chi connectivity index (χ3n) is 8.87. The highest BCUT2D eigenvalue weighted by Gasteiger charge is 2.36. The summed E-state index contributed by atoms with van der Waals surface area (Å²) in [5, 5.41) is 6.62. The number of rotatable bonds is 12. The van der Waals surface area contributed by atoms with Crippen molar-refractivity contribution in [3.63, 3.8) is 0 Å². The molecule has 42 heavy (non-hydrogen) atoms. The summed E-state index contributed by atoms with van der Waals surface area (Å²) in [6, 6.07) is 17.4. The summed E-state index contributed by atoms with van der Waals surface area (Å²) in [5.74, 6) is 2.22. The average molecular weight is 570 g/mol. The normalized spacial score (nSPS) is 17.9. The molecule has 2 heterocycles. The Kier molecular flexibility index (Phi) is 9.73. The van der Waals surface area contributed by atoms with Gasteiger partial charge in [0, 0.05) is 18.3 Å². The first-order valence-corrected chi connectivity index (χ1v) is 15.8. The van der Waals surface area contributed by atoms with E-state index >= 15 is 0 Å². The molecule has 0 aliphatic carbocycles. The predicted octanol–water partition coefficient (Wildman–Crippen LogP) is 7.93. The highest BCUT2D eigenvalue weighted by Crippen LogP contribution is 2.45. The van der Waals surface area contributed by atoms with E-state index in [0.717, 1.165) is 61.7 Å². The summed E-state index contributed by atoms with van der Waals surface area (Å²) in [4.78, 5) is 16.0. The lowest BCUT2D eigenvalue weighted by atomic mass is 9.90. The van der Waals surface area contributed by atoms with Gasteiger partial charge in [0.05, 0.1) is 18.8 Å². The fraction of sp³-hybridized carbons (Fsp3) is 0.472. The van der Waals surface area contributed by atoms with Crippen molar-refractivity contribution in [2.45, 2.75) is 85.1 Å². The smallest absolute Gasteiger partial charge is 0.238 e. The molecule has 2 N–H and O–H groups in total. The number of likely N-dealkylation sites (tertiary alicyclic amines) is 1. The Balaban J connectivity index is 1.37. The second kappa shape index (κ2) is 13.6. The Hall–Kier alpha value is -3.51. The Morgan fingerprint density at radius 3 is 2.45 bits per heavy atom. The molecule has 2 aliphatic rings. The monoisotopic (exact) mass is 569 g/mol. The predicted molar refractivity (Wildman–Crippen MR) is 172 cm³/mol. The Labute approximate surface area is 251 Å². The maximum Gasteiger partial charge on any atom is 0.238 e. The van der Waals surface area contributed by atoms with Gasteiger partial charge in [-0.1, -0.05) is 69.5 Å². The number of amides is 1. The molecule has 0 aromatic heterocycles. The van der Waals surface area contributed by atoms with Crippen LogP contribution in [0.1, 0.15) is 91.8 Å². The number of fused-ring (bicyclic) bond motifs is 1. The summed E-state index contributed by atoms with van der Waals surface area (Å²) in [7, 11) is 0. The zero-order chi connectivity index (χ0) is 29.6. The first-order valence-electron chi connectivity index (χ1n) is 15.8. The number of carbonyl (C=O) groups is 1. The van der Waals surface area contributed by atoms with Crippen LogP contribution in [-0.2, 0) is 17.6 Å². The molecule has 1 amide bonds. The fourth-order valence-electron chi connectivity index (χ4n) is 6.66. The molecule has 5 rings (SSSR count). The van der Waals surface area contributed by atoms with Crippen molar-refractivity contribution in [1.82, 2.24) is 4.90 Å². The van der Waals surface area contributed by atoms with E-state index < -0.39 is 0 Å². The lowest BCUT2D eigenvalue weighted by molar-refractivity contribution is -0.117. The van der Waals surface area contributed by atoms with Crippen LogP contribution in [0.3, 0.4) is 0 Å². The molecule has 0 bridgehead atoms. The van der Waals surface area contributed by atoms with Gasteiger partial charge in [0.2, 0.25) is 5.91 Å². The number of nitrogens with one attached hydrogen (secondary N) is 2. The molecule has 2 atom stereocenters. The van der Waals surface area contributed by atoms with Crippen molar-refractivity contribution in [3.05, 3.63) is 81.9 Å². The van der Waals surface area contributed by atoms with Crippen molar-refractivity contribution in [2.24, 2.45) is 0 Å². The van der Waals surface area contributed by atoms with Gasteiger partial charge in [0.25, 0.3) is 0 Å². The van der Waals surface area contributed by atoms with Gasteiger partial charge in [-0.2, -0.15) is 0 Å². The number of benzene rings is 3. The van der Waals surface area contributed by atoms with E-state index in [1.54, 1.807) is 0 Å². The number of nitrogens with zero attached hydrogens (tertiary/aromatic N) is 1. The van der Waals surface area contributed by atoms with Gasteiger partial charge in [-0.15, -0.1) is 0 Å². The van der Waals surface area contributed by atoms with E-state index in [2.05, 4.69) is 98.7 Å². The molecule has 0 radical (unpaired) electrons. The van der Waals surface area contributed by atoms with Gasteiger partial charge in [-0.3, -0.25) is 9.69 Å². The zero-order valence-electron chi connectivity index (χ0n) is 26.0. The van der Waals surface area contributed by atoms with Crippen LogP contribution in [0.25, 0.3) is 0 Å². The lowest BCUT2D eigenvalue weighted by Crippen LogP contribution is -2.33. The number of unbranched alkanes of at least 4 members (excludes halogenated alkanes) is 2. The molecule has 3 aromatic carbocycles. The quantitative estimate of drug-likeness (QED) is 0.217. The lowest BCUT2D eigenvalue weighted by Gasteiger charge is -2.25. The van der Waals surface area contributed by atoms with Crippen LogP contribution in [0, 0.1) is 13.8 Å². The van der Waals surface area contributed by atoms with Crippen molar-refractivity contribution >= 4 is 17.3 Å². The van der Waals surface area contributed by atoms with Crippen LogP contribution in [-0.4, -0.2) is 37.2 Å². The van der Waals surface area contributed by atoms with Gasteiger partial charge in [-0.25, -0.2) is 0 Å². The standard InChI is InChI=1S/C36H47N3O3/c1-6-9-10-17-41-30-13-11-28(12-14-30)33-20-29(31-15-16-32-36(25(31)5)42-23-37-32)21-39(33)22-34(40)38-35-26(7-2)18-24(4)19-27(35)8-3/h11-16,18-19,29,33,37H,6-10,17,20-23H2,1-5H3,(H,38,40)/t29?,33-/m1/s1. The molecule has 3 aromatic rings. The molecular weight excluding hydrogens is 522 g/mol. The van der Waals surface area contributed by atoms with E-state index in [-0.39, 0.29) is 11.9 Å². The van der Waals surface area contributed by atoms with Gasteiger partial charge in [0.15, 0.2) is 6.73 Å². The molecule has 0 saturated carbocycles. The molecule has 1 saturated heterocycles. The van der Waals surface area contributed by atoms with Crippen LogP contribution < -0.4 is 20.1 Å². The molecule has 0 spiro atoms. The SMILES string of the molecule is CCCCCOc1ccc([C@H]2CC(c3ccc4c(c3C)OCN4)CN2CC(=O)Nc2c(CC)cc(C)cc2CC)cc1. The minimum atomic E-state index is 0.0444. The second-order valence-electron chi connectivity index (χ2n) is 11.8. The van der Waals surface area contributed by atoms with Crippen molar-refractivity contribution in [3.8, 4) is 11.5 Å². The summed E-state index contributed by atoms with van der Waals surface area (Å²) in [5.41, 5.74) is 9.43. The van der Waals surface area contributed by atoms with E-state index in [4.69, 9.17) is 9.47 Å². The minimum Gasteiger partial charge on any atom is -0.494 e. The van der Waals surface area contributed by atoms with Gasteiger partial charge >= 0.3 is 0 Å². The van der Waals surface area contributed by atoms with Crippen molar-refractivity contribution in [2.75, 3.05) is 37.1 Å². The highest BCUT2D eigenvalue weighted by atomic mass is 16.5. The first-order chi connectivity index (χ1) is 20.4. The second-order valence-corrected chi connectivity index (χ2v) is 11.8. The first kappa shape index (κ1) is 30.0. The number of hydrogen-bond donors (Lipinski definition) is 2. The van der Waals surface area contributed by atoms with Crippen molar-refractivity contribution < 1.29 is 14.3 Å². The number of aryl methyl sites for hydroxylation is 3. The molecule has 1 unspecified atom stereocenters. The van der Waals surface area contributed by atoms with Crippen LogP contribution >= 0.6 is 0 Å². The number of anilines is 2. The zero-order valence-corrected chi connectivity index (χ0v) is 26.0. The number of carbonyl (C=O) groups excluding carboxylic acids is 1. The maximum atomic E-state index is 13.7. The van der Waals surface area contributed by atoms with E-state index in [1.807, 2.05) is 0 Å². The molecule has 2 aliphatic heterocycles. The molecule has 1 fully saturated rings. The molecule has 224 valence electrons. The fourth-order valence-corrected chi connectivity index (χ4v) is 6.66. The van der Waals surface area contributed by atoms with Crippen LogP contribution in [0.2, 0.25) is 0 Å². The molecule has 6 nitrogen and oxygen atoms in total. The highest BCUT2D eigenvalue weighted by molar-refractivity contribution is 5.94. The third-order valence-corrected chi connectivity index (χ3v) is 8.87. The summed E-state index contributed by atoms with van der Waals surface area (Å²) in [6.07, 6.45) is 6.17. The average Bonchev–Trinajstić information content (AvgIpc) is 3.64. The van der Waals surface area contributed by atoms with Crippen molar-refractivity contribution in [1.29, 1.82) is 0 Å². The number of ether oxygens (including phenoxy) is 2. The summed E-state index contributed by atoms with van der Waals surface area (Å²) < 4.78 is 11.9. The van der Waals surface area contributed by atoms with Gasteiger partial charge in [0.1, 0.15) is 11.5 Å². The molecular formula is C36H47N3O3.